The fourth-order valence-electron chi connectivity index (χ4n) is 3.95. The summed E-state index contributed by atoms with van der Waals surface area (Å²) in [6, 6.07) is 9.26. The molecule has 1 aliphatic rings. The van der Waals surface area contributed by atoms with E-state index in [1.807, 2.05) is 26.0 Å². The molecule has 0 saturated heterocycles. The first-order valence-electron chi connectivity index (χ1n) is 10.1. The third-order valence-electron chi connectivity index (χ3n) is 5.55. The van der Waals surface area contributed by atoms with Gasteiger partial charge in [-0.25, -0.2) is 4.39 Å². The van der Waals surface area contributed by atoms with Gasteiger partial charge in [-0.2, -0.15) is 0 Å². The number of thiophene rings is 1. The molecule has 32 heavy (non-hydrogen) atoms. The van der Waals surface area contributed by atoms with Gasteiger partial charge in [0.25, 0.3) is 11.8 Å². The van der Waals surface area contributed by atoms with Gasteiger partial charge in [0, 0.05) is 6.54 Å². The van der Waals surface area contributed by atoms with Crippen LogP contribution in [0.2, 0.25) is 5.02 Å². The number of ether oxygens (including phenoxy) is 1. The highest BCUT2D eigenvalue weighted by Gasteiger charge is 2.30. The Kier molecular flexibility index (Phi) is 6.22. The van der Waals surface area contributed by atoms with Gasteiger partial charge in [-0.1, -0.05) is 17.7 Å². The molecule has 1 N–H and O–H groups in total. The van der Waals surface area contributed by atoms with Crippen molar-refractivity contribution >= 4 is 45.4 Å². The van der Waals surface area contributed by atoms with E-state index < -0.39 is 11.7 Å². The minimum atomic E-state index is -0.515. The van der Waals surface area contributed by atoms with Crippen LogP contribution in [0.15, 0.2) is 36.4 Å². The number of aryl methyl sites for hydroxylation is 2. The lowest BCUT2D eigenvalue weighted by molar-refractivity contribution is 0.0986. The molecule has 1 aliphatic heterocycles. The number of carbonyl (C=O) groups excluding carboxylic acids is 2. The first-order valence-corrected chi connectivity index (χ1v) is 11.3. The molecule has 0 bridgehead atoms. The van der Waals surface area contributed by atoms with Crippen LogP contribution in [0.25, 0.3) is 0 Å². The molecule has 1 aromatic heterocycles. The van der Waals surface area contributed by atoms with Gasteiger partial charge in [-0.15, -0.1) is 11.3 Å². The number of methoxy groups -OCH3 is 1. The Bertz CT molecular complexity index is 1220. The number of fused-ring (bicyclic) bond motifs is 1. The third kappa shape index (κ3) is 4.10. The monoisotopic (exact) mass is 472 g/mol. The average Bonchev–Trinajstić information content (AvgIpc) is 3.13. The Morgan fingerprint density at radius 1 is 1.16 bits per heavy atom. The number of hydrogen-bond donors (Lipinski definition) is 1. The number of nitrogens with one attached hydrogen (secondary N) is 1. The van der Waals surface area contributed by atoms with Crippen LogP contribution in [-0.4, -0.2) is 25.5 Å². The molecule has 8 heteroatoms. The Hall–Kier alpha value is -2.90. The van der Waals surface area contributed by atoms with Gasteiger partial charge in [0.2, 0.25) is 0 Å². The second-order valence-electron chi connectivity index (χ2n) is 7.67. The Morgan fingerprint density at radius 3 is 2.66 bits per heavy atom. The lowest BCUT2D eigenvalue weighted by Crippen LogP contribution is -2.36. The summed E-state index contributed by atoms with van der Waals surface area (Å²) in [5, 5.41) is 3.31. The molecule has 0 fully saturated rings. The molecular weight excluding hydrogens is 451 g/mol. The summed E-state index contributed by atoms with van der Waals surface area (Å²) in [6.07, 6.45) is 1.76. The first-order chi connectivity index (χ1) is 15.3. The number of amides is 2. The highest BCUT2D eigenvalue weighted by atomic mass is 35.5. The van der Waals surface area contributed by atoms with Crippen LogP contribution in [0, 0.1) is 19.7 Å². The van der Waals surface area contributed by atoms with Crippen molar-refractivity contribution in [3.05, 3.63) is 74.4 Å². The summed E-state index contributed by atoms with van der Waals surface area (Å²) in [7, 11) is 1.60. The van der Waals surface area contributed by atoms with Gasteiger partial charge in [0.05, 0.1) is 33.3 Å². The highest BCUT2D eigenvalue weighted by molar-refractivity contribution is 7.18. The van der Waals surface area contributed by atoms with Gasteiger partial charge in [0.15, 0.2) is 0 Å². The minimum absolute atomic E-state index is 0.0273. The highest BCUT2D eigenvalue weighted by Crippen LogP contribution is 2.40. The van der Waals surface area contributed by atoms with E-state index in [0.29, 0.717) is 22.2 Å². The predicted octanol–water partition coefficient (Wildman–Crippen LogP) is 6.01. The number of hydrogen-bond acceptors (Lipinski definition) is 4. The summed E-state index contributed by atoms with van der Waals surface area (Å²) in [6.45, 7) is 4.47. The van der Waals surface area contributed by atoms with E-state index >= 15 is 0 Å². The van der Waals surface area contributed by atoms with Gasteiger partial charge < -0.3 is 15.0 Å². The van der Waals surface area contributed by atoms with Crippen LogP contribution >= 0.6 is 22.9 Å². The predicted molar refractivity (Wildman–Crippen MR) is 126 cm³/mol. The van der Waals surface area contributed by atoms with Crippen LogP contribution in [-0.2, 0) is 6.42 Å². The summed E-state index contributed by atoms with van der Waals surface area (Å²) in [4.78, 5) is 28.4. The molecule has 4 rings (SSSR count). The minimum Gasteiger partial charge on any atom is -0.495 e. The molecule has 0 radical (unpaired) electrons. The van der Waals surface area contributed by atoms with E-state index in [-0.39, 0.29) is 16.5 Å². The number of benzene rings is 2. The molecule has 2 amide bonds. The maximum Gasteiger partial charge on any atom is 0.268 e. The smallest absolute Gasteiger partial charge is 0.268 e. The molecule has 0 spiro atoms. The Morgan fingerprint density at radius 2 is 1.94 bits per heavy atom. The van der Waals surface area contributed by atoms with Crippen LogP contribution in [0.4, 0.5) is 15.1 Å². The van der Waals surface area contributed by atoms with Crippen molar-refractivity contribution in [2.75, 3.05) is 23.9 Å². The standard InChI is InChI=1S/C24H22ClFN2O3S/c1-13-6-9-19(31-3)21-16(13)5-4-10-28(21)24(30)22-14(2)11-20(32-22)27-23(29)17-8-7-15(26)12-18(17)25/h6-9,11-12H,4-5,10H2,1-3H3,(H,27,29). The third-order valence-corrected chi connectivity index (χ3v) is 7.00. The van der Waals surface area contributed by atoms with Crippen molar-refractivity contribution in [1.29, 1.82) is 0 Å². The van der Waals surface area contributed by atoms with Crippen molar-refractivity contribution in [3.63, 3.8) is 0 Å². The molecule has 3 aromatic rings. The Balaban J connectivity index is 1.62. The molecular formula is C24H22ClFN2O3S. The number of halogens is 2. The van der Waals surface area contributed by atoms with Crippen molar-refractivity contribution in [2.45, 2.75) is 26.7 Å². The average molecular weight is 473 g/mol. The number of rotatable bonds is 4. The molecule has 0 unspecified atom stereocenters. The van der Waals surface area contributed by atoms with Gasteiger partial charge in [-0.3, -0.25) is 9.59 Å². The van der Waals surface area contributed by atoms with Crippen molar-refractivity contribution in [1.82, 2.24) is 0 Å². The number of carbonyl (C=O) groups is 2. The quantitative estimate of drug-likeness (QED) is 0.505. The fourth-order valence-corrected chi connectivity index (χ4v) is 5.22. The second kappa shape index (κ2) is 8.92. The van der Waals surface area contributed by atoms with Crippen LogP contribution in [0.1, 0.15) is 43.1 Å². The fraction of sp³-hybridized carbons (Fsp3) is 0.250. The summed E-state index contributed by atoms with van der Waals surface area (Å²) >= 11 is 7.20. The second-order valence-corrected chi connectivity index (χ2v) is 9.13. The van der Waals surface area contributed by atoms with E-state index in [1.54, 1.807) is 18.1 Å². The van der Waals surface area contributed by atoms with E-state index in [4.69, 9.17) is 16.3 Å². The molecule has 0 atom stereocenters. The molecule has 5 nitrogen and oxygen atoms in total. The SMILES string of the molecule is COc1ccc(C)c2c1N(C(=O)c1sc(NC(=O)c3ccc(F)cc3Cl)cc1C)CCC2. The van der Waals surface area contributed by atoms with Crippen LogP contribution in [0.5, 0.6) is 5.75 Å². The normalized spacial score (nSPS) is 13.0. The number of nitrogens with zero attached hydrogens (tertiary/aromatic N) is 1. The maximum absolute atomic E-state index is 13.5. The van der Waals surface area contributed by atoms with Crippen LogP contribution < -0.4 is 15.0 Å². The molecule has 2 aromatic carbocycles. The van der Waals surface area contributed by atoms with Gasteiger partial charge in [-0.05, 0) is 73.7 Å². The Labute approximate surface area is 194 Å². The first kappa shape index (κ1) is 22.3. The van der Waals surface area contributed by atoms with E-state index in [0.717, 1.165) is 41.3 Å². The zero-order valence-electron chi connectivity index (χ0n) is 17.9. The molecule has 0 saturated carbocycles. The van der Waals surface area contributed by atoms with Crippen molar-refractivity contribution in [3.8, 4) is 5.75 Å². The van der Waals surface area contributed by atoms with Gasteiger partial charge >= 0.3 is 0 Å². The lowest BCUT2D eigenvalue weighted by Gasteiger charge is -2.31. The summed E-state index contributed by atoms with van der Waals surface area (Å²) < 4.78 is 18.8. The molecule has 166 valence electrons. The van der Waals surface area contributed by atoms with E-state index in [1.165, 1.54) is 23.5 Å². The largest absolute Gasteiger partial charge is 0.495 e. The zero-order valence-corrected chi connectivity index (χ0v) is 19.5. The molecule has 2 heterocycles. The lowest BCUT2D eigenvalue weighted by atomic mass is 9.96. The summed E-state index contributed by atoms with van der Waals surface area (Å²) in [5.41, 5.74) is 4.00. The number of anilines is 2. The van der Waals surface area contributed by atoms with E-state index in [9.17, 15) is 14.0 Å². The zero-order chi connectivity index (χ0) is 23.0. The maximum atomic E-state index is 13.5. The van der Waals surface area contributed by atoms with E-state index in [2.05, 4.69) is 5.32 Å². The topological polar surface area (TPSA) is 58.6 Å². The van der Waals surface area contributed by atoms with Gasteiger partial charge in [0.1, 0.15) is 11.6 Å². The molecule has 0 aliphatic carbocycles. The summed E-state index contributed by atoms with van der Waals surface area (Å²) in [5.74, 6) is -0.431. The van der Waals surface area contributed by atoms with Crippen molar-refractivity contribution in [2.24, 2.45) is 0 Å². The van der Waals surface area contributed by atoms with Crippen molar-refractivity contribution < 1.29 is 18.7 Å². The van der Waals surface area contributed by atoms with Crippen LogP contribution in [0.3, 0.4) is 0 Å².